The smallest absolute Gasteiger partial charge is 0.303 e. The molecule has 2 N–H and O–H groups in total. The maximum atomic E-state index is 11.5. The minimum Gasteiger partial charge on any atom is -0.481 e. The second-order valence-electron chi connectivity index (χ2n) is 9.05. The molecular weight excluding hydrogens is 398 g/mol. The molecule has 0 saturated carbocycles. The number of aryl methyl sites for hydroxylation is 3. The van der Waals surface area contributed by atoms with Crippen molar-refractivity contribution in [3.63, 3.8) is 0 Å². The molecule has 0 spiro atoms. The van der Waals surface area contributed by atoms with Gasteiger partial charge in [0.25, 0.3) is 0 Å². The van der Waals surface area contributed by atoms with Gasteiger partial charge in [-0.1, -0.05) is 37.0 Å². The van der Waals surface area contributed by atoms with Crippen LogP contribution in [0.5, 0.6) is 0 Å². The first-order valence-electron chi connectivity index (χ1n) is 11.9. The third-order valence-electron chi connectivity index (χ3n) is 6.44. The Bertz CT molecular complexity index is 1080. The molecule has 32 heavy (non-hydrogen) atoms. The fourth-order valence-corrected chi connectivity index (χ4v) is 4.65. The van der Waals surface area contributed by atoms with Crippen molar-refractivity contribution in [3.8, 4) is 0 Å². The van der Waals surface area contributed by atoms with Gasteiger partial charge in [0.2, 0.25) is 0 Å². The lowest BCUT2D eigenvalue weighted by atomic mass is 9.90. The molecule has 3 heterocycles. The van der Waals surface area contributed by atoms with Gasteiger partial charge in [-0.3, -0.25) is 9.78 Å². The predicted octanol–water partition coefficient (Wildman–Crippen LogP) is 6.05. The molecule has 2 aromatic heterocycles. The predicted molar refractivity (Wildman–Crippen MR) is 129 cm³/mol. The largest absolute Gasteiger partial charge is 0.481 e. The van der Waals surface area contributed by atoms with Crippen LogP contribution in [-0.4, -0.2) is 27.6 Å². The Hall–Kier alpha value is -2.95. The number of benzene rings is 1. The number of anilines is 1. The number of fused-ring (bicyclic) bond motifs is 2. The molecule has 0 radical (unpaired) electrons. The fraction of sp³-hybridized carbons (Fsp3) is 0.444. The van der Waals surface area contributed by atoms with E-state index in [1.54, 1.807) is 0 Å². The second kappa shape index (κ2) is 10.6. The molecule has 0 aliphatic carbocycles. The molecule has 0 saturated heterocycles. The number of aliphatic carboxylic acids is 1. The molecule has 3 aromatic rings. The summed E-state index contributed by atoms with van der Waals surface area (Å²) < 4.78 is 0. The molecule has 0 bridgehead atoms. The summed E-state index contributed by atoms with van der Waals surface area (Å²) in [5, 5.41) is 13.9. The SMILES string of the molecule is Cc1ccc2ncc(C(CCCCCCc3ccc4c(n3)NCCC4)CC(=O)O)cc2c1. The number of aromatic nitrogens is 2. The van der Waals surface area contributed by atoms with E-state index in [0.29, 0.717) is 0 Å². The number of nitrogens with zero attached hydrogens (tertiary/aromatic N) is 2. The van der Waals surface area contributed by atoms with Crippen molar-refractivity contribution in [1.82, 2.24) is 9.97 Å². The van der Waals surface area contributed by atoms with Gasteiger partial charge < -0.3 is 10.4 Å². The molecule has 1 unspecified atom stereocenters. The van der Waals surface area contributed by atoms with Gasteiger partial charge >= 0.3 is 5.97 Å². The standard InChI is InChI=1S/C27H33N3O2/c1-19-10-13-25-22(15-19)16-23(18-29-25)21(17-26(31)32)7-4-2-3-5-9-24-12-11-20-8-6-14-28-27(20)30-24/h10-13,15-16,18,21H,2-9,14,17H2,1H3,(H,28,30)(H,31,32). The Balaban J connectivity index is 1.27. The Morgan fingerprint density at radius 3 is 2.88 bits per heavy atom. The maximum Gasteiger partial charge on any atom is 0.303 e. The van der Waals surface area contributed by atoms with E-state index < -0.39 is 5.97 Å². The summed E-state index contributed by atoms with van der Waals surface area (Å²) in [4.78, 5) is 20.8. The lowest BCUT2D eigenvalue weighted by molar-refractivity contribution is -0.137. The van der Waals surface area contributed by atoms with Crippen molar-refractivity contribution in [2.45, 2.75) is 70.6 Å². The number of hydrogen-bond donors (Lipinski definition) is 2. The molecule has 0 amide bonds. The van der Waals surface area contributed by atoms with Crippen LogP contribution in [-0.2, 0) is 17.6 Å². The molecule has 168 valence electrons. The Labute approximate surface area is 190 Å². The van der Waals surface area contributed by atoms with Crippen LogP contribution < -0.4 is 5.32 Å². The summed E-state index contributed by atoms with van der Waals surface area (Å²) >= 11 is 0. The van der Waals surface area contributed by atoms with E-state index in [-0.39, 0.29) is 12.3 Å². The van der Waals surface area contributed by atoms with Gasteiger partial charge in [0.05, 0.1) is 11.9 Å². The fourth-order valence-electron chi connectivity index (χ4n) is 4.65. The highest BCUT2D eigenvalue weighted by molar-refractivity contribution is 5.80. The van der Waals surface area contributed by atoms with Crippen LogP contribution in [0.25, 0.3) is 10.9 Å². The van der Waals surface area contributed by atoms with Crippen LogP contribution in [0.3, 0.4) is 0 Å². The molecule has 1 aromatic carbocycles. The van der Waals surface area contributed by atoms with E-state index in [1.807, 2.05) is 12.3 Å². The summed E-state index contributed by atoms with van der Waals surface area (Å²) in [6, 6.07) is 12.7. The third-order valence-corrected chi connectivity index (χ3v) is 6.44. The summed E-state index contributed by atoms with van der Waals surface area (Å²) in [6.45, 7) is 3.09. The highest BCUT2D eigenvalue weighted by Crippen LogP contribution is 2.28. The van der Waals surface area contributed by atoms with Crippen molar-refractivity contribution >= 4 is 22.7 Å². The molecule has 5 nitrogen and oxygen atoms in total. The van der Waals surface area contributed by atoms with Crippen LogP contribution in [0.15, 0.2) is 42.6 Å². The number of carboxylic acid groups (broad SMARTS) is 1. The van der Waals surface area contributed by atoms with Crippen LogP contribution >= 0.6 is 0 Å². The quantitative estimate of drug-likeness (QED) is 0.382. The maximum absolute atomic E-state index is 11.5. The Kier molecular flexibility index (Phi) is 7.35. The van der Waals surface area contributed by atoms with Gasteiger partial charge in [0.15, 0.2) is 0 Å². The lowest BCUT2D eigenvalue weighted by Crippen LogP contribution is -2.13. The van der Waals surface area contributed by atoms with E-state index in [2.05, 4.69) is 47.6 Å². The Morgan fingerprint density at radius 2 is 2.00 bits per heavy atom. The molecule has 1 atom stereocenters. The minimum atomic E-state index is -0.744. The Morgan fingerprint density at radius 1 is 1.12 bits per heavy atom. The average Bonchev–Trinajstić information content (AvgIpc) is 2.79. The van der Waals surface area contributed by atoms with Crippen LogP contribution in [0.1, 0.15) is 73.2 Å². The molecule has 5 heteroatoms. The van der Waals surface area contributed by atoms with Gasteiger partial charge in [0, 0.05) is 23.8 Å². The number of nitrogens with one attached hydrogen (secondary N) is 1. The summed E-state index contributed by atoms with van der Waals surface area (Å²) in [7, 11) is 0. The van der Waals surface area contributed by atoms with E-state index in [0.717, 1.165) is 73.8 Å². The van der Waals surface area contributed by atoms with Crippen molar-refractivity contribution in [2.75, 3.05) is 11.9 Å². The molecular formula is C27H33N3O2. The van der Waals surface area contributed by atoms with Gasteiger partial charge in [0.1, 0.15) is 5.82 Å². The average molecular weight is 432 g/mol. The highest BCUT2D eigenvalue weighted by Gasteiger charge is 2.16. The van der Waals surface area contributed by atoms with Crippen LogP contribution in [0, 0.1) is 6.92 Å². The first-order valence-corrected chi connectivity index (χ1v) is 11.9. The van der Waals surface area contributed by atoms with Gasteiger partial charge in [-0.05, 0) is 80.3 Å². The van der Waals surface area contributed by atoms with Crippen molar-refractivity contribution in [3.05, 3.63) is 65.0 Å². The number of unbranched alkanes of at least 4 members (excludes halogenated alkanes) is 3. The number of pyridine rings is 2. The van der Waals surface area contributed by atoms with Gasteiger partial charge in [-0.15, -0.1) is 0 Å². The summed E-state index contributed by atoms with van der Waals surface area (Å²) in [6.07, 6.45) is 10.6. The lowest BCUT2D eigenvalue weighted by Gasteiger charge is -2.17. The normalized spacial score (nSPS) is 14.0. The van der Waals surface area contributed by atoms with Gasteiger partial charge in [-0.25, -0.2) is 4.98 Å². The van der Waals surface area contributed by atoms with Crippen molar-refractivity contribution in [1.29, 1.82) is 0 Å². The highest BCUT2D eigenvalue weighted by atomic mass is 16.4. The van der Waals surface area contributed by atoms with E-state index >= 15 is 0 Å². The van der Waals surface area contributed by atoms with E-state index in [1.165, 1.54) is 23.2 Å². The number of carboxylic acids is 1. The first-order chi connectivity index (χ1) is 15.6. The zero-order chi connectivity index (χ0) is 22.3. The monoisotopic (exact) mass is 431 g/mol. The van der Waals surface area contributed by atoms with Crippen LogP contribution in [0.4, 0.5) is 5.82 Å². The zero-order valence-corrected chi connectivity index (χ0v) is 18.9. The summed E-state index contributed by atoms with van der Waals surface area (Å²) in [5.41, 5.74) is 5.69. The van der Waals surface area contributed by atoms with E-state index in [9.17, 15) is 9.90 Å². The molecule has 1 aliphatic heterocycles. The van der Waals surface area contributed by atoms with E-state index in [4.69, 9.17) is 4.98 Å². The molecule has 1 aliphatic rings. The molecule has 0 fully saturated rings. The number of rotatable bonds is 10. The van der Waals surface area contributed by atoms with Crippen LogP contribution in [0.2, 0.25) is 0 Å². The van der Waals surface area contributed by atoms with Gasteiger partial charge in [-0.2, -0.15) is 0 Å². The molecule has 4 rings (SSSR count). The minimum absolute atomic E-state index is 0.0123. The first kappa shape index (κ1) is 22.3. The number of carbonyl (C=O) groups is 1. The van der Waals surface area contributed by atoms with Crippen molar-refractivity contribution in [2.24, 2.45) is 0 Å². The zero-order valence-electron chi connectivity index (χ0n) is 18.9. The summed E-state index contributed by atoms with van der Waals surface area (Å²) in [5.74, 6) is 0.342. The second-order valence-corrected chi connectivity index (χ2v) is 9.05. The topological polar surface area (TPSA) is 75.1 Å². The number of hydrogen-bond acceptors (Lipinski definition) is 4. The third kappa shape index (κ3) is 5.84. The van der Waals surface area contributed by atoms with Crippen molar-refractivity contribution < 1.29 is 9.90 Å².